The fraction of sp³-hybridized carbons (Fsp3) is 0.692. The summed E-state index contributed by atoms with van der Waals surface area (Å²) < 4.78 is 5.31. The summed E-state index contributed by atoms with van der Waals surface area (Å²) >= 11 is 1.34. The van der Waals surface area contributed by atoms with Gasteiger partial charge in [-0.05, 0) is 25.7 Å². The van der Waals surface area contributed by atoms with E-state index in [-0.39, 0.29) is 5.91 Å². The number of carbonyl (C=O) groups is 1. The Hall–Kier alpha value is -1.34. The first-order valence-electron chi connectivity index (χ1n) is 6.95. The second kappa shape index (κ2) is 6.90. The third-order valence-electron chi connectivity index (χ3n) is 3.54. The lowest BCUT2D eigenvalue weighted by Crippen LogP contribution is -2.32. The molecule has 6 nitrogen and oxygen atoms in total. The largest absolute Gasteiger partial charge is 0.382 e. The van der Waals surface area contributed by atoms with Crippen molar-refractivity contribution in [2.24, 2.45) is 5.92 Å². The van der Waals surface area contributed by atoms with Crippen molar-refractivity contribution in [3.8, 4) is 0 Å². The molecule has 1 aliphatic heterocycles. The third kappa shape index (κ3) is 3.61. The lowest BCUT2D eigenvalue weighted by Gasteiger charge is -2.21. The van der Waals surface area contributed by atoms with E-state index in [4.69, 9.17) is 10.5 Å². The highest BCUT2D eigenvalue weighted by Crippen LogP contribution is 2.27. The first-order chi connectivity index (χ1) is 9.61. The molecule has 1 aromatic heterocycles. The Labute approximate surface area is 123 Å². The average molecular weight is 298 g/mol. The molecule has 1 fully saturated rings. The van der Waals surface area contributed by atoms with Crippen LogP contribution in [-0.2, 0) is 4.74 Å². The van der Waals surface area contributed by atoms with Gasteiger partial charge in [-0.25, -0.2) is 4.98 Å². The lowest BCUT2D eigenvalue weighted by atomic mass is 10.0. The van der Waals surface area contributed by atoms with Gasteiger partial charge < -0.3 is 20.7 Å². The Morgan fingerprint density at radius 3 is 2.90 bits per heavy atom. The smallest absolute Gasteiger partial charge is 0.265 e. The summed E-state index contributed by atoms with van der Waals surface area (Å²) in [5.74, 6) is 0.691. The summed E-state index contributed by atoms with van der Waals surface area (Å²) in [5, 5.41) is 3.74. The Morgan fingerprint density at radius 2 is 2.25 bits per heavy atom. The maximum atomic E-state index is 12.2. The van der Waals surface area contributed by atoms with E-state index in [0.717, 1.165) is 37.7 Å². The van der Waals surface area contributed by atoms with Crippen molar-refractivity contribution in [2.75, 3.05) is 44.0 Å². The molecule has 1 aliphatic rings. The van der Waals surface area contributed by atoms with Crippen LogP contribution in [0.15, 0.2) is 0 Å². The minimum absolute atomic E-state index is 0.123. The van der Waals surface area contributed by atoms with Crippen LogP contribution in [0.1, 0.15) is 29.4 Å². The summed E-state index contributed by atoms with van der Waals surface area (Å²) in [7, 11) is 1.93. The molecule has 1 saturated heterocycles. The number of amides is 1. The van der Waals surface area contributed by atoms with Gasteiger partial charge in [-0.15, -0.1) is 0 Å². The number of thiazole rings is 1. The van der Waals surface area contributed by atoms with E-state index in [1.165, 1.54) is 11.3 Å². The van der Waals surface area contributed by atoms with Gasteiger partial charge in [-0.2, -0.15) is 0 Å². The molecule has 0 radical (unpaired) electrons. The van der Waals surface area contributed by atoms with Gasteiger partial charge in [0.2, 0.25) is 0 Å². The normalized spacial score (nSPS) is 16.1. The Kier molecular flexibility index (Phi) is 5.19. The summed E-state index contributed by atoms with van der Waals surface area (Å²) in [6.07, 6.45) is 2.00. The molecular weight excluding hydrogens is 276 g/mol. The molecule has 0 spiro atoms. The Bertz CT molecular complexity index is 457. The molecule has 20 heavy (non-hydrogen) atoms. The minimum Gasteiger partial charge on any atom is -0.382 e. The highest BCUT2D eigenvalue weighted by Gasteiger charge is 2.20. The molecule has 1 aromatic rings. The van der Waals surface area contributed by atoms with Crippen LogP contribution in [0.5, 0.6) is 0 Å². The summed E-state index contributed by atoms with van der Waals surface area (Å²) in [6, 6.07) is 0. The van der Waals surface area contributed by atoms with E-state index in [2.05, 4.69) is 10.3 Å². The Morgan fingerprint density at radius 1 is 1.55 bits per heavy atom. The van der Waals surface area contributed by atoms with E-state index in [1.807, 2.05) is 18.9 Å². The number of carbonyl (C=O) groups excluding carboxylic acids is 1. The SMILES string of the molecule is CCN(C)c1nc(N)c(C(=O)NCC2CCOCC2)s1. The van der Waals surface area contributed by atoms with E-state index in [0.29, 0.717) is 23.2 Å². The second-order valence-corrected chi connectivity index (χ2v) is 5.97. The first kappa shape index (κ1) is 15.1. The van der Waals surface area contributed by atoms with Gasteiger partial charge in [-0.1, -0.05) is 11.3 Å². The van der Waals surface area contributed by atoms with Crippen molar-refractivity contribution in [1.29, 1.82) is 0 Å². The second-order valence-electron chi connectivity index (χ2n) is 4.99. The number of anilines is 2. The van der Waals surface area contributed by atoms with Crippen molar-refractivity contribution in [3.05, 3.63) is 4.88 Å². The fourth-order valence-corrected chi connectivity index (χ4v) is 2.98. The quantitative estimate of drug-likeness (QED) is 0.857. The van der Waals surface area contributed by atoms with Crippen LogP contribution in [-0.4, -0.2) is 44.2 Å². The topological polar surface area (TPSA) is 80.5 Å². The molecule has 2 heterocycles. The van der Waals surface area contributed by atoms with Crippen LogP contribution in [0.4, 0.5) is 10.9 Å². The summed E-state index contributed by atoms with van der Waals surface area (Å²) in [6.45, 7) is 5.11. The number of nitrogens with one attached hydrogen (secondary N) is 1. The number of nitrogens with zero attached hydrogens (tertiary/aromatic N) is 2. The fourth-order valence-electron chi connectivity index (χ4n) is 2.05. The van der Waals surface area contributed by atoms with Crippen molar-refractivity contribution in [3.63, 3.8) is 0 Å². The molecule has 0 aromatic carbocycles. The average Bonchev–Trinajstić information content (AvgIpc) is 2.87. The number of rotatable bonds is 5. The maximum Gasteiger partial charge on any atom is 0.265 e. The molecule has 0 unspecified atom stereocenters. The van der Waals surface area contributed by atoms with Crippen molar-refractivity contribution in [1.82, 2.24) is 10.3 Å². The Balaban J connectivity index is 1.93. The standard InChI is InChI=1S/C13H22N4O2S/c1-3-17(2)13-16-11(14)10(20-13)12(18)15-8-9-4-6-19-7-5-9/h9H,3-8,14H2,1-2H3,(H,15,18). The predicted molar refractivity (Wildman–Crippen MR) is 81.3 cm³/mol. The highest BCUT2D eigenvalue weighted by atomic mass is 32.1. The molecule has 0 aliphatic carbocycles. The number of aromatic nitrogens is 1. The van der Waals surface area contributed by atoms with E-state index >= 15 is 0 Å². The van der Waals surface area contributed by atoms with Crippen LogP contribution in [0.3, 0.4) is 0 Å². The van der Waals surface area contributed by atoms with Gasteiger partial charge in [0.1, 0.15) is 10.7 Å². The minimum atomic E-state index is -0.123. The number of nitrogen functional groups attached to an aromatic ring is 1. The van der Waals surface area contributed by atoms with Crippen LogP contribution >= 0.6 is 11.3 Å². The van der Waals surface area contributed by atoms with Gasteiger partial charge in [0.25, 0.3) is 5.91 Å². The number of hydrogen-bond acceptors (Lipinski definition) is 6. The molecule has 1 amide bonds. The third-order valence-corrected chi connectivity index (χ3v) is 4.73. The molecule has 3 N–H and O–H groups in total. The molecule has 7 heteroatoms. The number of ether oxygens (including phenoxy) is 1. The molecule has 112 valence electrons. The number of hydrogen-bond donors (Lipinski definition) is 2. The van der Waals surface area contributed by atoms with Crippen LogP contribution in [0, 0.1) is 5.92 Å². The molecule has 2 rings (SSSR count). The zero-order valence-electron chi connectivity index (χ0n) is 12.0. The van der Waals surface area contributed by atoms with Crippen molar-refractivity contribution in [2.45, 2.75) is 19.8 Å². The van der Waals surface area contributed by atoms with E-state index < -0.39 is 0 Å². The van der Waals surface area contributed by atoms with Crippen LogP contribution in [0.25, 0.3) is 0 Å². The maximum absolute atomic E-state index is 12.2. The number of nitrogens with two attached hydrogens (primary N) is 1. The molecular formula is C13H22N4O2S. The molecule has 0 atom stereocenters. The van der Waals surface area contributed by atoms with Crippen molar-refractivity contribution < 1.29 is 9.53 Å². The van der Waals surface area contributed by atoms with Crippen LogP contribution < -0.4 is 16.0 Å². The first-order valence-corrected chi connectivity index (χ1v) is 7.76. The molecule has 0 saturated carbocycles. The monoisotopic (exact) mass is 298 g/mol. The van der Waals surface area contributed by atoms with E-state index in [1.54, 1.807) is 0 Å². The lowest BCUT2D eigenvalue weighted by molar-refractivity contribution is 0.0643. The van der Waals surface area contributed by atoms with Gasteiger partial charge in [-0.3, -0.25) is 4.79 Å². The van der Waals surface area contributed by atoms with E-state index in [9.17, 15) is 4.79 Å². The van der Waals surface area contributed by atoms with Gasteiger partial charge >= 0.3 is 0 Å². The summed E-state index contributed by atoms with van der Waals surface area (Å²) in [4.78, 5) is 18.9. The highest BCUT2D eigenvalue weighted by molar-refractivity contribution is 7.18. The van der Waals surface area contributed by atoms with Crippen LogP contribution in [0.2, 0.25) is 0 Å². The zero-order chi connectivity index (χ0) is 14.5. The van der Waals surface area contributed by atoms with Gasteiger partial charge in [0.15, 0.2) is 5.13 Å². The van der Waals surface area contributed by atoms with Gasteiger partial charge in [0, 0.05) is 33.4 Å². The van der Waals surface area contributed by atoms with Crippen molar-refractivity contribution >= 4 is 28.2 Å². The van der Waals surface area contributed by atoms with Gasteiger partial charge in [0.05, 0.1) is 0 Å². The summed E-state index contributed by atoms with van der Waals surface area (Å²) in [5.41, 5.74) is 5.84. The zero-order valence-corrected chi connectivity index (χ0v) is 12.8. The molecule has 0 bridgehead atoms. The predicted octanol–water partition coefficient (Wildman–Crippen LogP) is 1.34.